The summed E-state index contributed by atoms with van der Waals surface area (Å²) < 4.78 is 5.28. The first-order chi connectivity index (χ1) is 9.28. The van der Waals surface area contributed by atoms with Gasteiger partial charge >= 0.3 is 0 Å². The summed E-state index contributed by atoms with van der Waals surface area (Å²) in [5.74, 6) is 1.29. The normalized spacial score (nSPS) is 10.6. The summed E-state index contributed by atoms with van der Waals surface area (Å²) >= 11 is 5.88. The second-order valence-corrected chi connectivity index (χ2v) is 4.14. The maximum Gasteiger partial charge on any atom is 0.226 e. The number of nitrogens with zero attached hydrogens (tertiary/aromatic N) is 3. The van der Waals surface area contributed by atoms with Crippen LogP contribution in [-0.4, -0.2) is 27.3 Å². The number of aromatic amines is 1. The van der Waals surface area contributed by atoms with E-state index in [-0.39, 0.29) is 5.28 Å². The maximum absolute atomic E-state index is 5.88. The standard InChI is InChI=1S/C12H10ClN5O/c1-19-9-5-3-2-4-8(9)15-10-7-6-14-18-11(7)17-12(13)16-10/h2-6H,1H3,(H2,14,15,16,17,18). The highest BCUT2D eigenvalue weighted by Crippen LogP contribution is 2.29. The molecule has 0 aliphatic carbocycles. The summed E-state index contributed by atoms with van der Waals surface area (Å²) in [6, 6.07) is 7.54. The number of halogens is 1. The van der Waals surface area contributed by atoms with E-state index in [9.17, 15) is 0 Å². The maximum atomic E-state index is 5.88. The van der Waals surface area contributed by atoms with Crippen molar-refractivity contribution >= 4 is 34.1 Å². The summed E-state index contributed by atoms with van der Waals surface area (Å²) in [7, 11) is 1.61. The third kappa shape index (κ3) is 2.17. The van der Waals surface area contributed by atoms with Crippen molar-refractivity contribution in [3.8, 4) is 5.75 Å². The number of para-hydroxylation sites is 2. The summed E-state index contributed by atoms with van der Waals surface area (Å²) in [5.41, 5.74) is 1.37. The Morgan fingerprint density at radius 3 is 2.95 bits per heavy atom. The fraction of sp³-hybridized carbons (Fsp3) is 0.0833. The zero-order valence-electron chi connectivity index (χ0n) is 10.0. The first-order valence-corrected chi connectivity index (χ1v) is 5.92. The van der Waals surface area contributed by atoms with Crippen LogP contribution in [0.2, 0.25) is 5.28 Å². The van der Waals surface area contributed by atoms with Crippen LogP contribution < -0.4 is 10.1 Å². The summed E-state index contributed by atoms with van der Waals surface area (Å²) in [5, 5.41) is 10.8. The Balaban J connectivity index is 2.07. The molecule has 2 N–H and O–H groups in total. The van der Waals surface area contributed by atoms with Gasteiger partial charge in [0.1, 0.15) is 11.6 Å². The zero-order valence-corrected chi connectivity index (χ0v) is 10.8. The van der Waals surface area contributed by atoms with Gasteiger partial charge in [-0.05, 0) is 23.7 Å². The van der Waals surface area contributed by atoms with E-state index < -0.39 is 0 Å². The summed E-state index contributed by atoms with van der Waals surface area (Å²) in [6.45, 7) is 0. The van der Waals surface area contributed by atoms with Crippen LogP contribution in [0.5, 0.6) is 5.75 Å². The summed E-state index contributed by atoms with van der Waals surface area (Å²) in [6.07, 6.45) is 1.64. The molecule has 0 saturated heterocycles. The van der Waals surface area contributed by atoms with Gasteiger partial charge < -0.3 is 10.1 Å². The van der Waals surface area contributed by atoms with Crippen LogP contribution >= 0.6 is 11.6 Å². The number of ether oxygens (including phenoxy) is 1. The van der Waals surface area contributed by atoms with Gasteiger partial charge in [-0.3, -0.25) is 5.10 Å². The second kappa shape index (κ2) is 4.74. The van der Waals surface area contributed by atoms with Crippen LogP contribution in [0.4, 0.5) is 11.5 Å². The van der Waals surface area contributed by atoms with Crippen LogP contribution in [0.1, 0.15) is 0 Å². The van der Waals surface area contributed by atoms with Crippen LogP contribution in [0.25, 0.3) is 11.0 Å². The van der Waals surface area contributed by atoms with Gasteiger partial charge in [0.05, 0.1) is 24.4 Å². The molecule has 0 saturated carbocycles. The van der Waals surface area contributed by atoms with Crippen molar-refractivity contribution in [1.29, 1.82) is 0 Å². The van der Waals surface area contributed by atoms with Crippen molar-refractivity contribution in [3.05, 3.63) is 35.7 Å². The third-order valence-corrected chi connectivity index (χ3v) is 2.81. The van der Waals surface area contributed by atoms with Crippen molar-refractivity contribution < 1.29 is 4.74 Å². The highest BCUT2D eigenvalue weighted by atomic mass is 35.5. The molecule has 2 heterocycles. The molecule has 7 heteroatoms. The average Bonchev–Trinajstić information content (AvgIpc) is 2.87. The molecule has 3 aromatic rings. The predicted molar refractivity (Wildman–Crippen MR) is 73.0 cm³/mol. The van der Waals surface area contributed by atoms with Crippen molar-refractivity contribution in [2.75, 3.05) is 12.4 Å². The predicted octanol–water partition coefficient (Wildman–Crippen LogP) is 2.76. The third-order valence-electron chi connectivity index (χ3n) is 2.64. The van der Waals surface area contributed by atoms with E-state index >= 15 is 0 Å². The first kappa shape index (κ1) is 11.7. The number of aromatic nitrogens is 4. The molecule has 0 fully saturated rings. The number of fused-ring (bicyclic) bond motifs is 1. The smallest absolute Gasteiger partial charge is 0.226 e. The molecule has 1 aromatic carbocycles. The van der Waals surface area contributed by atoms with Gasteiger partial charge in [0.15, 0.2) is 5.65 Å². The average molecular weight is 276 g/mol. The molecular weight excluding hydrogens is 266 g/mol. The van der Waals surface area contributed by atoms with Gasteiger partial charge in [-0.15, -0.1) is 0 Å². The number of anilines is 2. The van der Waals surface area contributed by atoms with Crippen LogP contribution in [0, 0.1) is 0 Å². The zero-order chi connectivity index (χ0) is 13.2. The molecule has 2 aromatic heterocycles. The lowest BCUT2D eigenvalue weighted by molar-refractivity contribution is 0.417. The van der Waals surface area contributed by atoms with E-state index in [1.165, 1.54) is 0 Å². The van der Waals surface area contributed by atoms with Crippen molar-refractivity contribution in [2.45, 2.75) is 0 Å². The van der Waals surface area contributed by atoms with Gasteiger partial charge in [-0.2, -0.15) is 15.1 Å². The Kier molecular flexibility index (Phi) is 2.92. The number of nitrogens with one attached hydrogen (secondary N) is 2. The van der Waals surface area contributed by atoms with Gasteiger partial charge in [0.25, 0.3) is 0 Å². The fourth-order valence-electron chi connectivity index (χ4n) is 1.78. The highest BCUT2D eigenvalue weighted by Gasteiger charge is 2.10. The van der Waals surface area contributed by atoms with Gasteiger partial charge in [0, 0.05) is 0 Å². The molecule has 96 valence electrons. The lowest BCUT2D eigenvalue weighted by Crippen LogP contribution is -1.98. The van der Waals surface area contributed by atoms with Crippen molar-refractivity contribution in [3.63, 3.8) is 0 Å². The second-order valence-electron chi connectivity index (χ2n) is 3.80. The Hall–Kier alpha value is -2.34. The number of hydrogen-bond donors (Lipinski definition) is 2. The Bertz CT molecular complexity index is 727. The molecule has 0 bridgehead atoms. The number of methoxy groups -OCH3 is 1. The van der Waals surface area contributed by atoms with Crippen molar-refractivity contribution in [1.82, 2.24) is 20.2 Å². The fourth-order valence-corrected chi connectivity index (χ4v) is 1.95. The quantitative estimate of drug-likeness (QED) is 0.719. The summed E-state index contributed by atoms with van der Waals surface area (Å²) in [4.78, 5) is 8.22. The van der Waals surface area contributed by atoms with E-state index in [2.05, 4.69) is 25.5 Å². The molecule has 0 aliphatic heterocycles. The van der Waals surface area contributed by atoms with E-state index in [4.69, 9.17) is 16.3 Å². The highest BCUT2D eigenvalue weighted by molar-refractivity contribution is 6.28. The largest absolute Gasteiger partial charge is 0.495 e. The Morgan fingerprint density at radius 1 is 1.26 bits per heavy atom. The van der Waals surface area contributed by atoms with Crippen LogP contribution in [0.3, 0.4) is 0 Å². The minimum absolute atomic E-state index is 0.147. The van der Waals surface area contributed by atoms with E-state index in [0.717, 1.165) is 11.1 Å². The molecule has 0 amide bonds. The number of hydrogen-bond acceptors (Lipinski definition) is 5. The molecule has 3 rings (SSSR count). The monoisotopic (exact) mass is 275 g/mol. The molecule has 6 nitrogen and oxygen atoms in total. The lowest BCUT2D eigenvalue weighted by Gasteiger charge is -2.10. The topological polar surface area (TPSA) is 75.7 Å². The molecule has 0 aliphatic rings. The van der Waals surface area contributed by atoms with Crippen LogP contribution in [0.15, 0.2) is 30.5 Å². The molecule has 0 radical (unpaired) electrons. The minimum atomic E-state index is 0.147. The number of rotatable bonds is 3. The lowest BCUT2D eigenvalue weighted by atomic mass is 10.3. The molecule has 0 spiro atoms. The van der Waals surface area contributed by atoms with Gasteiger partial charge in [0.2, 0.25) is 5.28 Å². The molecule has 19 heavy (non-hydrogen) atoms. The SMILES string of the molecule is COc1ccccc1Nc1nc(Cl)nc2[nH]ncc12. The van der Waals surface area contributed by atoms with E-state index in [1.807, 2.05) is 24.3 Å². The van der Waals surface area contributed by atoms with E-state index in [1.54, 1.807) is 13.3 Å². The number of benzene rings is 1. The van der Waals surface area contributed by atoms with Crippen molar-refractivity contribution in [2.24, 2.45) is 0 Å². The molecule has 0 unspecified atom stereocenters. The number of H-pyrrole nitrogens is 1. The molecular formula is C12H10ClN5O. The molecule has 0 atom stereocenters. The van der Waals surface area contributed by atoms with Gasteiger partial charge in [-0.1, -0.05) is 12.1 Å². The van der Waals surface area contributed by atoms with E-state index in [0.29, 0.717) is 17.2 Å². The first-order valence-electron chi connectivity index (χ1n) is 5.54. The Labute approximate surface area is 113 Å². The van der Waals surface area contributed by atoms with Gasteiger partial charge in [-0.25, -0.2) is 0 Å². The van der Waals surface area contributed by atoms with Crippen LogP contribution in [-0.2, 0) is 0 Å². The minimum Gasteiger partial charge on any atom is -0.495 e. The Morgan fingerprint density at radius 2 is 2.11 bits per heavy atom.